The Bertz CT molecular complexity index is 1160. The summed E-state index contributed by atoms with van der Waals surface area (Å²) in [4.78, 5) is 4.44. The third-order valence-electron chi connectivity index (χ3n) is 4.35. The van der Waals surface area contributed by atoms with Crippen molar-refractivity contribution in [1.29, 1.82) is 0 Å². The van der Waals surface area contributed by atoms with Crippen molar-refractivity contribution in [1.82, 2.24) is 0 Å². The summed E-state index contributed by atoms with van der Waals surface area (Å²) >= 11 is 0. The fourth-order valence-corrected chi connectivity index (χ4v) is 3.17. The first-order valence-electron chi connectivity index (χ1n) is 7.90. The second-order valence-electron chi connectivity index (χ2n) is 5.83. The van der Waals surface area contributed by atoms with Crippen LogP contribution >= 0.6 is 0 Å². The van der Waals surface area contributed by atoms with E-state index in [1.54, 1.807) is 6.26 Å². The van der Waals surface area contributed by atoms with E-state index < -0.39 is 0 Å². The van der Waals surface area contributed by atoms with Gasteiger partial charge in [-0.1, -0.05) is 53.4 Å². The second-order valence-corrected chi connectivity index (χ2v) is 5.83. The molecule has 1 aliphatic carbocycles. The maximum Gasteiger partial charge on any atom is 2.00 e. The average Bonchev–Trinajstić information content (AvgIpc) is 3.36. The van der Waals surface area contributed by atoms with Crippen LogP contribution < -0.4 is 10.6 Å². The maximum absolute atomic E-state index is 5.30. The molecule has 3 heteroatoms. The van der Waals surface area contributed by atoms with E-state index in [1.807, 2.05) is 36.4 Å². The number of fused-ring (bicyclic) bond motifs is 4. The quantitative estimate of drug-likeness (QED) is 0.345. The van der Waals surface area contributed by atoms with E-state index in [9.17, 15) is 0 Å². The summed E-state index contributed by atoms with van der Waals surface area (Å²) in [5, 5.41) is 5.98. The molecular weight excluding hydrogens is 342 g/mol. The first kappa shape index (κ1) is 16.0. The summed E-state index contributed by atoms with van der Waals surface area (Å²) in [5.41, 5.74) is 3.16. The molecule has 4 aromatic rings. The van der Waals surface area contributed by atoms with Crippen LogP contribution in [0.25, 0.3) is 27.3 Å². The molecule has 1 aromatic heterocycles. The Kier molecular flexibility index (Phi) is 4.08. The van der Waals surface area contributed by atoms with E-state index in [4.69, 9.17) is 4.42 Å². The molecule has 3 aromatic carbocycles. The van der Waals surface area contributed by atoms with Gasteiger partial charge in [0.05, 0.1) is 0 Å². The molecular formula is C22H13NOTi. The van der Waals surface area contributed by atoms with Crippen molar-refractivity contribution in [3.8, 4) is 0 Å². The first-order chi connectivity index (χ1) is 11.9. The molecule has 1 aliphatic heterocycles. The Hall–Kier alpha value is -2.55. The number of hydrogen-bond donors (Lipinski definition) is 0. The van der Waals surface area contributed by atoms with Crippen molar-refractivity contribution in [2.75, 3.05) is 0 Å². The molecule has 2 nitrogen and oxygen atoms in total. The molecule has 0 unspecified atom stereocenters. The van der Waals surface area contributed by atoms with Crippen LogP contribution in [0.5, 0.6) is 0 Å². The van der Waals surface area contributed by atoms with Gasteiger partial charge in [0.1, 0.15) is 0 Å². The van der Waals surface area contributed by atoms with Gasteiger partial charge >= 0.3 is 21.7 Å². The molecule has 0 N–H and O–H groups in total. The number of benzene rings is 2. The first-order valence-corrected chi connectivity index (χ1v) is 7.90. The zero-order valence-electron chi connectivity index (χ0n) is 13.4. The van der Waals surface area contributed by atoms with Gasteiger partial charge in [0.25, 0.3) is 0 Å². The Morgan fingerprint density at radius 2 is 1.76 bits per heavy atom. The summed E-state index contributed by atoms with van der Waals surface area (Å²) in [5.74, 6) is 0. The fourth-order valence-electron chi connectivity index (χ4n) is 3.17. The second kappa shape index (κ2) is 6.40. The van der Waals surface area contributed by atoms with E-state index in [0.29, 0.717) is 0 Å². The Balaban J connectivity index is 0.000000121. The third-order valence-corrected chi connectivity index (χ3v) is 4.35. The Morgan fingerprint density at radius 3 is 2.68 bits per heavy atom. The summed E-state index contributed by atoms with van der Waals surface area (Å²) < 4.78 is 5.30. The molecule has 116 valence electrons. The van der Waals surface area contributed by atoms with Crippen LogP contribution in [-0.2, 0) is 21.7 Å². The number of allylic oxidation sites excluding steroid dienone is 3. The predicted octanol–water partition coefficient (Wildman–Crippen LogP) is 4.03. The number of furan rings is 1. The van der Waals surface area contributed by atoms with Crippen molar-refractivity contribution >= 4 is 27.3 Å². The molecule has 0 radical (unpaired) electrons. The van der Waals surface area contributed by atoms with Gasteiger partial charge in [-0.2, -0.15) is 12.2 Å². The van der Waals surface area contributed by atoms with Crippen molar-refractivity contribution in [2.45, 2.75) is 0 Å². The van der Waals surface area contributed by atoms with E-state index >= 15 is 0 Å². The summed E-state index contributed by atoms with van der Waals surface area (Å²) in [6.07, 6.45) is 8.82. The van der Waals surface area contributed by atoms with Gasteiger partial charge in [0.2, 0.25) is 0 Å². The Morgan fingerprint density at radius 1 is 0.920 bits per heavy atom. The van der Waals surface area contributed by atoms with Crippen LogP contribution in [0.4, 0.5) is 0 Å². The molecule has 2 heterocycles. The molecule has 0 atom stereocenters. The van der Waals surface area contributed by atoms with Crippen LogP contribution in [0.15, 0.2) is 94.2 Å². The molecule has 0 saturated heterocycles. The van der Waals surface area contributed by atoms with Crippen LogP contribution in [-0.4, -0.2) is 0 Å². The Labute approximate surface area is 159 Å². The minimum absolute atomic E-state index is 0. The van der Waals surface area contributed by atoms with Crippen molar-refractivity contribution in [3.63, 3.8) is 0 Å². The SMILES string of the molecule is [C-]1=CC=C2N=c3ccccc3=C12.[Ti+2].c1cc2cc3c[cH-]oc3cc2c1. The molecule has 0 amide bonds. The maximum atomic E-state index is 5.30. The molecule has 0 spiro atoms. The largest absolute Gasteiger partial charge is 2.00 e. The van der Waals surface area contributed by atoms with Crippen LogP contribution in [0.3, 0.4) is 0 Å². The van der Waals surface area contributed by atoms with Crippen LogP contribution in [0.1, 0.15) is 0 Å². The van der Waals surface area contributed by atoms with Gasteiger partial charge in [-0.05, 0) is 28.7 Å². The van der Waals surface area contributed by atoms with Crippen molar-refractivity contribution in [3.05, 3.63) is 101 Å². The molecule has 2 aliphatic rings. The van der Waals surface area contributed by atoms with Gasteiger partial charge in [-0.15, -0.1) is 29.2 Å². The average molecular weight is 355 g/mol. The van der Waals surface area contributed by atoms with Crippen molar-refractivity contribution in [2.24, 2.45) is 4.99 Å². The molecule has 0 bridgehead atoms. The molecule has 25 heavy (non-hydrogen) atoms. The van der Waals surface area contributed by atoms with E-state index in [-0.39, 0.29) is 21.7 Å². The van der Waals surface area contributed by atoms with Crippen LogP contribution in [0, 0.1) is 6.08 Å². The summed E-state index contributed by atoms with van der Waals surface area (Å²) in [7, 11) is 0. The molecule has 0 fully saturated rings. The minimum Gasteiger partial charge on any atom is -0.589 e. The topological polar surface area (TPSA) is 25.5 Å². The number of rotatable bonds is 0. The minimum atomic E-state index is 0. The van der Waals surface area contributed by atoms with Crippen molar-refractivity contribution < 1.29 is 26.1 Å². The standard InChI is InChI=1S/C11H6N.C11H7O.Ti/c1-2-6-10-8(4-1)9-5-3-7-11(9)12-10;1-2-8-6-10-4-5-12-11(10)7-9(8)3-1;/h1-4,6-7H;1-7H;/q2*-1;+2. The third kappa shape index (κ3) is 2.74. The van der Waals surface area contributed by atoms with E-state index in [1.165, 1.54) is 21.4 Å². The van der Waals surface area contributed by atoms with Gasteiger partial charge in [-0.3, -0.25) is 0 Å². The zero-order chi connectivity index (χ0) is 15.9. The zero-order valence-corrected chi connectivity index (χ0v) is 14.9. The van der Waals surface area contributed by atoms with E-state index in [2.05, 4.69) is 47.5 Å². The van der Waals surface area contributed by atoms with Gasteiger partial charge in [0.15, 0.2) is 0 Å². The monoisotopic (exact) mass is 355 g/mol. The van der Waals surface area contributed by atoms with Gasteiger partial charge in [0, 0.05) is 5.36 Å². The smallest absolute Gasteiger partial charge is 0.589 e. The predicted molar refractivity (Wildman–Crippen MR) is 95.8 cm³/mol. The van der Waals surface area contributed by atoms with Gasteiger partial charge in [-0.25, -0.2) is 0 Å². The number of para-hydroxylation sites is 1. The molecule has 0 saturated carbocycles. The number of nitrogens with zero attached hydrogens (tertiary/aromatic N) is 1. The number of hydrogen-bond acceptors (Lipinski definition) is 2. The van der Waals surface area contributed by atoms with Gasteiger partial charge < -0.3 is 9.41 Å². The van der Waals surface area contributed by atoms with E-state index in [0.717, 1.165) is 22.2 Å². The molecule has 6 rings (SSSR count). The summed E-state index contributed by atoms with van der Waals surface area (Å²) in [6, 6.07) is 20.6. The fraction of sp³-hybridized carbons (Fsp3) is 0. The summed E-state index contributed by atoms with van der Waals surface area (Å²) in [6.45, 7) is 0. The van der Waals surface area contributed by atoms with Crippen LogP contribution in [0.2, 0.25) is 0 Å². The normalized spacial score (nSPS) is 13.6.